The molecule has 1 aliphatic heterocycles. The Hall–Kier alpha value is 0.0600. The number of nitrogens with zero attached hydrogens (tertiary/aromatic N) is 2. The smallest absolute Gasteiger partial charge is 0.106 e. The molecule has 0 bridgehead atoms. The lowest BCUT2D eigenvalue weighted by Gasteiger charge is -2.31. The Kier molecular flexibility index (Phi) is 4.60. The normalized spacial score (nSPS) is 25.8. The van der Waals surface area contributed by atoms with Gasteiger partial charge in [-0.3, -0.25) is 4.90 Å². The lowest BCUT2D eigenvalue weighted by molar-refractivity contribution is 0.0592. The minimum atomic E-state index is -0.407. The Bertz CT molecular complexity index is 371. The molecule has 0 aliphatic carbocycles. The van der Waals surface area contributed by atoms with Crippen molar-refractivity contribution in [2.75, 3.05) is 33.7 Å². The van der Waals surface area contributed by atoms with E-state index in [1.54, 1.807) is 11.3 Å². The second kappa shape index (κ2) is 5.80. The monoisotopic (exact) mass is 318 g/mol. The number of hydrogen-bond acceptors (Lipinski definition) is 4. The predicted octanol–water partition coefficient (Wildman–Crippen LogP) is 2.18. The van der Waals surface area contributed by atoms with E-state index < -0.39 is 6.10 Å². The highest BCUT2D eigenvalue weighted by Gasteiger charge is 2.29. The lowest BCUT2D eigenvalue weighted by Crippen LogP contribution is -2.42. The van der Waals surface area contributed by atoms with Gasteiger partial charge >= 0.3 is 0 Å². The molecule has 1 N–H and O–H groups in total. The molecule has 2 heterocycles. The third-order valence-electron chi connectivity index (χ3n) is 3.39. The number of likely N-dealkylation sites (N-methyl/N-ethyl adjacent to an activating group) is 2. The van der Waals surface area contributed by atoms with Gasteiger partial charge in [0.1, 0.15) is 6.10 Å². The fourth-order valence-corrected chi connectivity index (χ4v) is 3.99. The van der Waals surface area contributed by atoms with Crippen molar-refractivity contribution in [3.8, 4) is 0 Å². The van der Waals surface area contributed by atoms with Gasteiger partial charge < -0.3 is 10.0 Å². The first-order valence-corrected chi connectivity index (χ1v) is 7.56. The zero-order chi connectivity index (χ0) is 12.4. The van der Waals surface area contributed by atoms with Crippen LogP contribution in [0.2, 0.25) is 0 Å². The first kappa shape index (κ1) is 13.5. The van der Waals surface area contributed by atoms with Gasteiger partial charge in [0.2, 0.25) is 0 Å². The van der Waals surface area contributed by atoms with Crippen LogP contribution in [0.4, 0.5) is 0 Å². The molecule has 0 spiro atoms. The van der Waals surface area contributed by atoms with Gasteiger partial charge in [0.25, 0.3) is 0 Å². The van der Waals surface area contributed by atoms with Crippen LogP contribution < -0.4 is 0 Å². The van der Waals surface area contributed by atoms with E-state index in [9.17, 15) is 5.11 Å². The van der Waals surface area contributed by atoms with Crippen LogP contribution in [0.25, 0.3) is 0 Å². The molecule has 96 valence electrons. The van der Waals surface area contributed by atoms with Gasteiger partial charge in [-0.05, 0) is 61.0 Å². The molecule has 0 amide bonds. The highest BCUT2D eigenvalue weighted by Crippen LogP contribution is 2.33. The van der Waals surface area contributed by atoms with Crippen molar-refractivity contribution in [3.63, 3.8) is 0 Å². The maximum atomic E-state index is 10.5. The average Bonchev–Trinajstić information content (AvgIpc) is 2.63. The van der Waals surface area contributed by atoms with Crippen LogP contribution in [0, 0.1) is 0 Å². The summed E-state index contributed by atoms with van der Waals surface area (Å²) in [5.41, 5.74) is 0. The zero-order valence-corrected chi connectivity index (χ0v) is 12.7. The van der Waals surface area contributed by atoms with Crippen LogP contribution in [0.3, 0.4) is 0 Å². The molecule has 1 saturated heterocycles. The van der Waals surface area contributed by atoms with Crippen LogP contribution in [0.1, 0.15) is 17.4 Å². The van der Waals surface area contributed by atoms with Crippen molar-refractivity contribution in [1.82, 2.24) is 9.80 Å². The van der Waals surface area contributed by atoms with E-state index >= 15 is 0 Å². The van der Waals surface area contributed by atoms with Crippen molar-refractivity contribution >= 4 is 27.3 Å². The average molecular weight is 319 g/mol. The van der Waals surface area contributed by atoms with Crippen molar-refractivity contribution in [2.24, 2.45) is 0 Å². The fourth-order valence-electron chi connectivity index (χ4n) is 2.34. The minimum absolute atomic E-state index is 0.178. The molecule has 2 rings (SSSR count). The zero-order valence-electron chi connectivity index (χ0n) is 10.3. The van der Waals surface area contributed by atoms with E-state index in [4.69, 9.17) is 0 Å². The summed E-state index contributed by atoms with van der Waals surface area (Å²) < 4.78 is 1.02. The quantitative estimate of drug-likeness (QED) is 0.905. The van der Waals surface area contributed by atoms with Crippen molar-refractivity contribution < 1.29 is 5.11 Å². The van der Waals surface area contributed by atoms with Crippen molar-refractivity contribution in [1.29, 1.82) is 0 Å². The fraction of sp³-hybridized carbons (Fsp3) is 0.667. The van der Waals surface area contributed by atoms with E-state index in [1.165, 1.54) is 6.42 Å². The maximum absolute atomic E-state index is 10.5. The predicted molar refractivity (Wildman–Crippen MR) is 75.5 cm³/mol. The minimum Gasteiger partial charge on any atom is -0.386 e. The summed E-state index contributed by atoms with van der Waals surface area (Å²) >= 11 is 5.13. The number of aliphatic hydroxyl groups is 1. The van der Waals surface area contributed by atoms with E-state index in [1.807, 2.05) is 11.4 Å². The highest BCUT2D eigenvalue weighted by molar-refractivity contribution is 9.10. The molecular formula is C12H19BrN2OS. The molecule has 0 saturated carbocycles. The topological polar surface area (TPSA) is 26.7 Å². The van der Waals surface area contributed by atoms with E-state index in [0.717, 1.165) is 29.0 Å². The summed E-state index contributed by atoms with van der Waals surface area (Å²) in [4.78, 5) is 5.62. The highest BCUT2D eigenvalue weighted by atomic mass is 79.9. The summed E-state index contributed by atoms with van der Waals surface area (Å²) in [6.07, 6.45) is 0.761. The van der Waals surface area contributed by atoms with Gasteiger partial charge in [-0.1, -0.05) is 0 Å². The number of hydrogen-bond donors (Lipinski definition) is 1. The SMILES string of the molecule is CN1CCCN(C)C(C(O)c2sccc2Br)C1. The number of halogens is 1. The molecule has 1 aromatic rings. The van der Waals surface area contributed by atoms with Gasteiger partial charge in [0.15, 0.2) is 0 Å². The summed E-state index contributed by atoms with van der Waals surface area (Å²) in [5, 5.41) is 12.6. The van der Waals surface area contributed by atoms with Crippen LogP contribution in [0.15, 0.2) is 15.9 Å². The molecule has 0 radical (unpaired) electrons. The standard InChI is InChI=1S/C12H19BrN2OS/c1-14-5-3-6-15(2)10(8-14)11(16)12-9(13)4-7-17-12/h4,7,10-11,16H,3,5-6,8H2,1-2H3. The molecule has 1 aromatic heterocycles. The second-order valence-corrected chi connectivity index (χ2v) is 6.54. The lowest BCUT2D eigenvalue weighted by atomic mass is 10.1. The van der Waals surface area contributed by atoms with Crippen LogP contribution >= 0.6 is 27.3 Å². The molecule has 2 unspecified atom stereocenters. The first-order valence-electron chi connectivity index (χ1n) is 5.89. The largest absolute Gasteiger partial charge is 0.386 e. The number of aliphatic hydroxyl groups excluding tert-OH is 1. The summed E-state index contributed by atoms with van der Waals surface area (Å²) in [6, 6.07) is 2.18. The van der Waals surface area contributed by atoms with Gasteiger partial charge in [-0.25, -0.2) is 0 Å². The van der Waals surface area contributed by atoms with Gasteiger partial charge in [0, 0.05) is 15.9 Å². The maximum Gasteiger partial charge on any atom is 0.106 e. The van der Waals surface area contributed by atoms with Gasteiger partial charge in [-0.2, -0.15) is 0 Å². The summed E-state index contributed by atoms with van der Waals surface area (Å²) in [7, 11) is 4.23. The molecule has 3 nitrogen and oxygen atoms in total. The molecule has 17 heavy (non-hydrogen) atoms. The molecule has 0 aromatic carbocycles. The third kappa shape index (κ3) is 3.09. The van der Waals surface area contributed by atoms with Crippen LogP contribution in [-0.4, -0.2) is 54.7 Å². The van der Waals surface area contributed by atoms with Crippen molar-refractivity contribution in [2.45, 2.75) is 18.6 Å². The third-order valence-corrected chi connectivity index (χ3v) is 5.33. The van der Waals surface area contributed by atoms with Gasteiger partial charge in [0.05, 0.1) is 6.04 Å². The summed E-state index contributed by atoms with van der Waals surface area (Å²) in [5.74, 6) is 0. The Morgan fingerprint density at radius 2 is 2.24 bits per heavy atom. The molecule has 2 atom stereocenters. The van der Waals surface area contributed by atoms with E-state index in [-0.39, 0.29) is 6.04 Å². The Morgan fingerprint density at radius 1 is 1.47 bits per heavy atom. The molecule has 5 heteroatoms. The van der Waals surface area contributed by atoms with Crippen LogP contribution in [0.5, 0.6) is 0 Å². The Balaban J connectivity index is 2.16. The second-order valence-electron chi connectivity index (χ2n) is 4.74. The Labute approximate surface area is 115 Å². The molecule has 1 fully saturated rings. The Morgan fingerprint density at radius 3 is 2.88 bits per heavy atom. The number of rotatable bonds is 2. The molecular weight excluding hydrogens is 300 g/mol. The van der Waals surface area contributed by atoms with Crippen molar-refractivity contribution in [3.05, 3.63) is 20.8 Å². The first-order chi connectivity index (χ1) is 8.09. The molecule has 1 aliphatic rings. The number of thiophene rings is 1. The van der Waals surface area contributed by atoms with Crippen LogP contribution in [-0.2, 0) is 0 Å². The summed E-state index contributed by atoms with van der Waals surface area (Å²) in [6.45, 7) is 3.08. The van der Waals surface area contributed by atoms with E-state index in [0.29, 0.717) is 0 Å². The van der Waals surface area contributed by atoms with Gasteiger partial charge in [-0.15, -0.1) is 11.3 Å². The van der Waals surface area contributed by atoms with E-state index in [2.05, 4.69) is 39.8 Å².